The van der Waals surface area contributed by atoms with Crippen LogP contribution < -0.4 is 10.4 Å². The molecule has 0 saturated heterocycles. The fourth-order valence-electron chi connectivity index (χ4n) is 4.47. The van der Waals surface area contributed by atoms with E-state index in [0.717, 1.165) is 5.33 Å². The van der Waals surface area contributed by atoms with Gasteiger partial charge in [0.15, 0.2) is 0 Å². The summed E-state index contributed by atoms with van der Waals surface area (Å²) in [6.45, 7) is 7.56. The van der Waals surface area contributed by atoms with E-state index in [0.29, 0.717) is 6.61 Å². The van der Waals surface area contributed by atoms with Crippen molar-refractivity contribution in [2.75, 3.05) is 0 Å². The lowest BCUT2D eigenvalue weighted by Gasteiger charge is -2.43. The number of rotatable bonds is 6. The highest BCUT2D eigenvalue weighted by Crippen LogP contribution is 2.37. The molecule has 0 bridgehead atoms. The lowest BCUT2D eigenvalue weighted by molar-refractivity contribution is 0.286. The highest BCUT2D eigenvalue weighted by atomic mass is 79.9. The Labute approximate surface area is 195 Å². The summed E-state index contributed by atoms with van der Waals surface area (Å²) in [6.07, 6.45) is 0. The first kappa shape index (κ1) is 22.0. The van der Waals surface area contributed by atoms with Gasteiger partial charge >= 0.3 is 0 Å². The minimum absolute atomic E-state index is 0.0165. The molecule has 158 valence electrons. The van der Waals surface area contributed by atoms with Crippen molar-refractivity contribution in [3.63, 3.8) is 0 Å². The number of halogens is 1. The van der Waals surface area contributed by atoms with Gasteiger partial charge in [0, 0.05) is 5.33 Å². The van der Waals surface area contributed by atoms with Crippen LogP contribution in [0.5, 0.6) is 0 Å². The number of alkyl halides is 1. The van der Waals surface area contributed by atoms with E-state index in [9.17, 15) is 0 Å². The maximum absolute atomic E-state index is 7.08. The van der Waals surface area contributed by atoms with Gasteiger partial charge in [0.05, 0.1) is 6.61 Å². The second-order valence-electron chi connectivity index (χ2n) is 9.10. The van der Waals surface area contributed by atoms with Gasteiger partial charge in [-0.15, -0.1) is 0 Å². The Bertz CT molecular complexity index is 1110. The summed E-state index contributed by atoms with van der Waals surface area (Å²) in [4.78, 5) is 0. The maximum atomic E-state index is 7.08. The van der Waals surface area contributed by atoms with Crippen molar-refractivity contribution in [3.8, 4) is 0 Å². The summed E-state index contributed by atoms with van der Waals surface area (Å²) in [5, 5.41) is 6.02. The molecule has 0 aromatic heterocycles. The average molecular weight is 490 g/mol. The first-order valence-electron chi connectivity index (χ1n) is 10.8. The van der Waals surface area contributed by atoms with E-state index in [1.165, 1.54) is 32.3 Å². The van der Waals surface area contributed by atoms with Crippen molar-refractivity contribution in [1.82, 2.24) is 0 Å². The van der Waals surface area contributed by atoms with E-state index < -0.39 is 8.32 Å². The van der Waals surface area contributed by atoms with E-state index in [1.807, 2.05) is 0 Å². The van der Waals surface area contributed by atoms with Crippen LogP contribution in [0.4, 0.5) is 0 Å². The summed E-state index contributed by atoms with van der Waals surface area (Å²) in [5.74, 6) is 0. The van der Waals surface area contributed by atoms with E-state index in [-0.39, 0.29) is 5.04 Å². The second-order valence-corrected chi connectivity index (χ2v) is 14.0. The molecule has 0 aliphatic carbocycles. The largest absolute Gasteiger partial charge is 0.403 e. The van der Waals surface area contributed by atoms with Gasteiger partial charge in [-0.1, -0.05) is 128 Å². The van der Waals surface area contributed by atoms with Crippen LogP contribution in [-0.4, -0.2) is 8.32 Å². The van der Waals surface area contributed by atoms with Crippen molar-refractivity contribution < 1.29 is 4.43 Å². The predicted molar refractivity (Wildman–Crippen MR) is 139 cm³/mol. The third kappa shape index (κ3) is 4.41. The Morgan fingerprint density at radius 2 is 1.16 bits per heavy atom. The Hall–Kier alpha value is -2.20. The average Bonchev–Trinajstić information content (AvgIpc) is 2.79. The number of fused-ring (bicyclic) bond motifs is 1. The summed E-state index contributed by atoms with van der Waals surface area (Å²) in [7, 11) is -2.52. The zero-order valence-electron chi connectivity index (χ0n) is 18.4. The smallest absolute Gasteiger partial charge is 0.261 e. The van der Waals surface area contributed by atoms with Crippen LogP contribution in [0.15, 0.2) is 97.1 Å². The van der Waals surface area contributed by atoms with Crippen LogP contribution >= 0.6 is 15.9 Å². The van der Waals surface area contributed by atoms with Gasteiger partial charge in [-0.2, -0.15) is 0 Å². The van der Waals surface area contributed by atoms with Crippen molar-refractivity contribution in [3.05, 3.63) is 108 Å². The summed E-state index contributed by atoms with van der Waals surface area (Å²) < 4.78 is 7.08. The van der Waals surface area contributed by atoms with Gasteiger partial charge in [0.25, 0.3) is 8.32 Å². The molecular formula is C28H29BrOSi. The normalized spacial score (nSPS) is 12.3. The molecule has 4 rings (SSSR count). The Kier molecular flexibility index (Phi) is 6.47. The molecule has 0 aliphatic heterocycles. The van der Waals surface area contributed by atoms with Gasteiger partial charge in [0.1, 0.15) is 0 Å². The first-order valence-corrected chi connectivity index (χ1v) is 13.8. The molecule has 31 heavy (non-hydrogen) atoms. The molecule has 0 heterocycles. The summed E-state index contributed by atoms with van der Waals surface area (Å²) in [5.41, 5.74) is 2.51. The fourth-order valence-corrected chi connectivity index (χ4v) is 9.36. The zero-order chi connectivity index (χ0) is 21.9. The van der Waals surface area contributed by atoms with Gasteiger partial charge in [-0.3, -0.25) is 0 Å². The van der Waals surface area contributed by atoms with Gasteiger partial charge in [-0.25, -0.2) is 0 Å². The number of hydrogen-bond donors (Lipinski definition) is 0. The molecule has 4 aromatic rings. The van der Waals surface area contributed by atoms with Gasteiger partial charge in [-0.05, 0) is 43.4 Å². The van der Waals surface area contributed by atoms with Crippen molar-refractivity contribution in [2.45, 2.75) is 37.7 Å². The molecule has 0 N–H and O–H groups in total. The third-order valence-corrected chi connectivity index (χ3v) is 11.6. The van der Waals surface area contributed by atoms with Crippen LogP contribution in [-0.2, 0) is 16.4 Å². The summed E-state index contributed by atoms with van der Waals surface area (Å²) in [6, 6.07) is 35.0. The van der Waals surface area contributed by atoms with Gasteiger partial charge in [0.2, 0.25) is 0 Å². The molecule has 0 aliphatic rings. The van der Waals surface area contributed by atoms with Crippen molar-refractivity contribution in [1.29, 1.82) is 0 Å². The predicted octanol–water partition coefficient (Wildman–Crippen LogP) is 6.81. The van der Waals surface area contributed by atoms with Crippen LogP contribution in [0, 0.1) is 0 Å². The lowest BCUT2D eigenvalue weighted by Crippen LogP contribution is -2.66. The van der Waals surface area contributed by atoms with E-state index in [4.69, 9.17) is 4.43 Å². The maximum Gasteiger partial charge on any atom is 0.261 e. The Morgan fingerprint density at radius 1 is 0.677 bits per heavy atom. The topological polar surface area (TPSA) is 9.23 Å². The van der Waals surface area contributed by atoms with Crippen LogP contribution in [0.2, 0.25) is 5.04 Å². The Morgan fingerprint density at radius 3 is 1.65 bits per heavy atom. The van der Waals surface area contributed by atoms with E-state index in [2.05, 4.69) is 134 Å². The Balaban J connectivity index is 1.76. The van der Waals surface area contributed by atoms with Crippen molar-refractivity contribution >= 4 is 45.4 Å². The van der Waals surface area contributed by atoms with Crippen LogP contribution in [0.3, 0.4) is 0 Å². The molecule has 0 fully saturated rings. The number of hydrogen-bond acceptors (Lipinski definition) is 1. The fraction of sp³-hybridized carbons (Fsp3) is 0.214. The monoisotopic (exact) mass is 488 g/mol. The highest BCUT2D eigenvalue weighted by molar-refractivity contribution is 9.08. The number of benzene rings is 4. The quantitative estimate of drug-likeness (QED) is 0.214. The lowest BCUT2D eigenvalue weighted by atomic mass is 10.1. The standard InChI is InChI=1S/C28H29BrOSi/c1-28(2,3)31(26-10-6-4-7-11-26,27-12-8-5-9-13-27)30-21-23-15-17-24-18-22(20-29)14-16-25(24)19-23/h4-19H,20-21H2,1-3H3. The molecule has 0 spiro atoms. The van der Waals surface area contributed by atoms with E-state index in [1.54, 1.807) is 0 Å². The third-order valence-electron chi connectivity index (χ3n) is 6.00. The molecule has 4 aromatic carbocycles. The van der Waals surface area contributed by atoms with Crippen LogP contribution in [0.1, 0.15) is 31.9 Å². The second kappa shape index (κ2) is 9.11. The molecule has 0 atom stereocenters. The van der Waals surface area contributed by atoms with Gasteiger partial charge < -0.3 is 4.43 Å². The van der Waals surface area contributed by atoms with Crippen molar-refractivity contribution in [2.24, 2.45) is 0 Å². The minimum atomic E-state index is -2.52. The summed E-state index contributed by atoms with van der Waals surface area (Å²) >= 11 is 3.55. The molecule has 3 heteroatoms. The molecule has 1 nitrogen and oxygen atoms in total. The van der Waals surface area contributed by atoms with E-state index >= 15 is 0 Å². The first-order chi connectivity index (χ1) is 14.9. The zero-order valence-corrected chi connectivity index (χ0v) is 21.0. The molecular weight excluding hydrogens is 460 g/mol. The van der Waals surface area contributed by atoms with Crippen LogP contribution in [0.25, 0.3) is 10.8 Å². The SMILES string of the molecule is CC(C)(C)[Si](OCc1ccc2cc(CBr)ccc2c1)(c1ccccc1)c1ccccc1. The minimum Gasteiger partial charge on any atom is -0.403 e. The highest BCUT2D eigenvalue weighted by Gasteiger charge is 2.50. The molecule has 0 amide bonds. The molecule has 0 unspecified atom stereocenters. The molecule has 0 radical (unpaired) electrons. The molecule has 0 saturated carbocycles.